The second-order valence-corrected chi connectivity index (χ2v) is 20.4. The van der Waals surface area contributed by atoms with Crippen molar-refractivity contribution >= 4 is 71.0 Å². The summed E-state index contributed by atoms with van der Waals surface area (Å²) in [6, 6.07) is -5.39. The minimum absolute atomic E-state index is 0.00530. The van der Waals surface area contributed by atoms with E-state index in [0.717, 1.165) is 4.90 Å². The summed E-state index contributed by atoms with van der Waals surface area (Å²) in [5.41, 5.74) is 39.2. The van der Waals surface area contributed by atoms with Gasteiger partial charge in [0.1, 0.15) is 60.4 Å². The second kappa shape index (κ2) is 36.6. The third-order valence-corrected chi connectivity index (χ3v) is 13.0. The van der Waals surface area contributed by atoms with Gasteiger partial charge in [-0.3, -0.25) is 57.9 Å². The largest absolute Gasteiger partial charge is 0.394 e. The molecule has 2 rings (SSSR count). The number of guanidine groups is 2. The van der Waals surface area contributed by atoms with Crippen LogP contribution in [-0.2, 0) is 54.4 Å². The molecule has 0 saturated carbocycles. The van der Waals surface area contributed by atoms with Crippen LogP contribution in [-0.4, -0.2) is 197 Å². The maximum Gasteiger partial charge on any atom is 0.248 e. The number of unbranched alkanes of at least 4 members (excludes halogenated alkanes) is 1. The van der Waals surface area contributed by atoms with Crippen molar-refractivity contribution in [1.29, 1.82) is 0 Å². The molecule has 25 N–H and O–H groups in total. The lowest BCUT2D eigenvalue weighted by molar-refractivity contribution is -0.143. The maximum absolute atomic E-state index is 14.2. The van der Waals surface area contributed by atoms with Crippen LogP contribution < -0.4 is 82.7 Å². The van der Waals surface area contributed by atoms with E-state index in [9.17, 15) is 63.3 Å². The number of nitrogens with one attached hydrogen (secondary N) is 8. The predicted octanol–water partition coefficient (Wildman–Crippen LogP) is -7.42. The molecule has 1 aromatic rings. The van der Waals surface area contributed by atoms with Gasteiger partial charge in [-0.1, -0.05) is 44.2 Å². The zero-order valence-corrected chi connectivity index (χ0v) is 47.1. The van der Waals surface area contributed by atoms with Gasteiger partial charge in [0.15, 0.2) is 11.9 Å². The van der Waals surface area contributed by atoms with E-state index in [0.29, 0.717) is 24.8 Å². The Morgan fingerprint density at radius 2 is 1.10 bits per heavy atom. The number of rotatable bonds is 37. The quantitative estimate of drug-likeness (QED) is 0.0167. The zero-order chi connectivity index (χ0) is 61.6. The fourth-order valence-electron chi connectivity index (χ4n) is 8.54. The monoisotopic (exact) mass is 1160 g/mol. The van der Waals surface area contributed by atoms with Gasteiger partial charge in [0.25, 0.3) is 0 Å². The van der Waals surface area contributed by atoms with Crippen LogP contribution >= 0.6 is 0 Å². The fourth-order valence-corrected chi connectivity index (χ4v) is 8.54. The number of aliphatic hydroxyl groups is 3. The topological polar surface area (TPSA) is 538 Å². The third-order valence-electron chi connectivity index (χ3n) is 13.0. The van der Waals surface area contributed by atoms with Crippen LogP contribution in [0.2, 0.25) is 0 Å². The number of hydrogen-bond acceptors (Lipinski definition) is 17. The van der Waals surface area contributed by atoms with Gasteiger partial charge in [-0.15, -0.1) is 0 Å². The number of amides is 10. The first-order valence-corrected chi connectivity index (χ1v) is 27.3. The normalized spacial score (nSPS) is 16.6. The highest BCUT2D eigenvalue weighted by atomic mass is 16.3. The minimum Gasteiger partial charge on any atom is -0.394 e. The van der Waals surface area contributed by atoms with E-state index in [1.54, 1.807) is 30.3 Å². The molecule has 1 fully saturated rings. The Morgan fingerprint density at radius 3 is 1.62 bits per heavy atom. The highest BCUT2D eigenvalue weighted by Crippen LogP contribution is 2.20. The maximum atomic E-state index is 14.2. The number of aliphatic imine (C=N–C) groups is 2. The summed E-state index contributed by atoms with van der Waals surface area (Å²) in [4.78, 5) is 145. The lowest BCUT2D eigenvalue weighted by Gasteiger charge is -2.30. The molecule has 0 radical (unpaired) electrons. The first kappa shape index (κ1) is 70.4. The van der Waals surface area contributed by atoms with Gasteiger partial charge >= 0.3 is 0 Å². The number of aliphatic hydroxyl groups excluding tert-OH is 3. The van der Waals surface area contributed by atoms with Crippen molar-refractivity contribution in [3.63, 3.8) is 0 Å². The standard InChI is InChI=1S/C51H88N18O13/c1-27(2)23-35(40(54)73)65-44(77)34(17-11-21-60-51(57)58)63-47(80)38-18-12-22-69(38)49(82)37(26-71)67-46(79)36(24-30-13-6-5-7-14-30)66-41(74)28(3)61-43(76)33(16-10-20-59-50(55)56)64-48(81)39(29(4)72)68-45(78)32(15-8-9-19-52)62-42(75)31(53)25-70/h5-7,13-14,27-29,31-39,70-72H,8-12,15-26,52-53H2,1-4H3,(H2,54,73)(H,61,76)(H,62,75)(H,63,80)(H,64,81)(H,65,77)(H,66,74)(H,67,79)(H,68,78)(H4,55,56,59)(H4,57,58,60)/t28-,29+,31-,32-,33-,34-,35-,36-,37-,38-,39-/m0/s1. The van der Waals surface area contributed by atoms with E-state index in [4.69, 9.17) is 40.1 Å². The molecular weight excluding hydrogens is 1070 g/mol. The van der Waals surface area contributed by atoms with Crippen LogP contribution in [0.4, 0.5) is 0 Å². The molecule has 1 saturated heterocycles. The Hall–Kier alpha value is -7.74. The molecule has 1 heterocycles. The van der Waals surface area contributed by atoms with Crippen LogP contribution in [0.15, 0.2) is 40.3 Å². The lowest BCUT2D eigenvalue weighted by atomic mass is 10.0. The molecule has 1 aliphatic rings. The van der Waals surface area contributed by atoms with Crippen molar-refractivity contribution in [2.24, 2.45) is 56.0 Å². The fraction of sp³-hybridized carbons (Fsp3) is 0.647. The summed E-state index contributed by atoms with van der Waals surface area (Å²) in [5.74, 6) is -9.17. The van der Waals surface area contributed by atoms with E-state index in [-0.39, 0.29) is 95.4 Å². The van der Waals surface area contributed by atoms with Gasteiger partial charge in [-0.05, 0) is 96.1 Å². The van der Waals surface area contributed by atoms with Crippen molar-refractivity contribution in [1.82, 2.24) is 47.4 Å². The second-order valence-electron chi connectivity index (χ2n) is 20.4. The molecule has 0 spiro atoms. The molecule has 0 bridgehead atoms. The molecule has 1 aliphatic heterocycles. The Kier molecular flexibility index (Phi) is 31.4. The number of carbonyl (C=O) groups excluding carboxylic acids is 10. The minimum atomic E-state index is -1.70. The number of likely N-dealkylation sites (tertiary alicyclic amines) is 1. The predicted molar refractivity (Wildman–Crippen MR) is 301 cm³/mol. The summed E-state index contributed by atoms with van der Waals surface area (Å²) in [7, 11) is 0. The molecular formula is C51H88N18O13. The highest BCUT2D eigenvalue weighted by Gasteiger charge is 2.40. The van der Waals surface area contributed by atoms with Crippen molar-refractivity contribution in [2.75, 3.05) is 39.4 Å². The Bertz CT molecular complexity index is 2340. The SMILES string of the molecule is CC(C)C[C@H](NC(=O)[C@H](CCCN=C(N)N)NC(=O)[C@@H]1CCCN1C(=O)[C@H](CO)NC(=O)[C@H](Cc1ccccc1)NC(=O)[C@H](C)NC(=O)[C@H](CCCN=C(N)N)NC(=O)[C@@H](NC(=O)[C@H](CCCCN)NC(=O)[C@@H](N)CO)[C@@H](C)O)C(N)=O. The average Bonchev–Trinajstić information content (AvgIpc) is 3.95. The molecule has 31 nitrogen and oxygen atoms in total. The number of hydrogen-bond donors (Lipinski definition) is 18. The van der Waals surface area contributed by atoms with E-state index >= 15 is 0 Å². The third kappa shape index (κ3) is 25.0. The smallest absolute Gasteiger partial charge is 0.248 e. The Morgan fingerprint density at radius 1 is 0.598 bits per heavy atom. The van der Waals surface area contributed by atoms with E-state index in [1.165, 1.54) is 13.8 Å². The average molecular weight is 1160 g/mol. The first-order valence-electron chi connectivity index (χ1n) is 27.3. The Labute approximate surface area is 476 Å². The van der Waals surface area contributed by atoms with Crippen LogP contribution in [0, 0.1) is 5.92 Å². The molecule has 11 atom stereocenters. The summed E-state index contributed by atoms with van der Waals surface area (Å²) >= 11 is 0. The van der Waals surface area contributed by atoms with Crippen LogP contribution in [0.25, 0.3) is 0 Å². The van der Waals surface area contributed by atoms with Gasteiger partial charge in [0.2, 0.25) is 59.1 Å². The van der Waals surface area contributed by atoms with E-state index < -0.39 is 139 Å². The van der Waals surface area contributed by atoms with Gasteiger partial charge in [0.05, 0.1) is 19.3 Å². The number of benzene rings is 1. The molecule has 10 amide bonds. The molecule has 460 valence electrons. The molecule has 0 aromatic heterocycles. The van der Waals surface area contributed by atoms with Gasteiger partial charge in [0, 0.05) is 26.1 Å². The van der Waals surface area contributed by atoms with Crippen LogP contribution in [0.5, 0.6) is 0 Å². The summed E-state index contributed by atoms with van der Waals surface area (Å²) < 4.78 is 0. The molecule has 1 aromatic carbocycles. The van der Waals surface area contributed by atoms with E-state index in [2.05, 4.69) is 52.5 Å². The molecule has 0 unspecified atom stereocenters. The van der Waals surface area contributed by atoms with Gasteiger partial charge in [-0.25, -0.2) is 0 Å². The van der Waals surface area contributed by atoms with Gasteiger partial charge in [-0.2, -0.15) is 0 Å². The number of carbonyl (C=O) groups is 10. The molecule has 31 heteroatoms. The van der Waals surface area contributed by atoms with Crippen molar-refractivity contribution in [3.8, 4) is 0 Å². The number of nitrogens with zero attached hydrogens (tertiary/aromatic N) is 3. The van der Waals surface area contributed by atoms with Crippen molar-refractivity contribution < 1.29 is 63.3 Å². The lowest BCUT2D eigenvalue weighted by Crippen LogP contribution is -2.61. The molecule has 82 heavy (non-hydrogen) atoms. The van der Waals surface area contributed by atoms with E-state index in [1.807, 2.05) is 13.8 Å². The summed E-state index contributed by atoms with van der Waals surface area (Å²) in [6.07, 6.45) is -0.00319. The highest BCUT2D eigenvalue weighted by molar-refractivity contribution is 5.99. The number of primary amides is 1. The first-order chi connectivity index (χ1) is 38.7. The number of nitrogens with two attached hydrogens (primary N) is 7. The van der Waals surface area contributed by atoms with Crippen LogP contribution in [0.3, 0.4) is 0 Å². The zero-order valence-electron chi connectivity index (χ0n) is 47.1. The van der Waals surface area contributed by atoms with Crippen molar-refractivity contribution in [3.05, 3.63) is 35.9 Å². The molecule has 0 aliphatic carbocycles. The van der Waals surface area contributed by atoms with Crippen molar-refractivity contribution in [2.45, 2.75) is 165 Å². The Balaban J connectivity index is 2.36. The van der Waals surface area contributed by atoms with Gasteiger partial charge < -0.3 is 103 Å². The van der Waals surface area contributed by atoms with Crippen LogP contribution in [0.1, 0.15) is 97.5 Å². The summed E-state index contributed by atoms with van der Waals surface area (Å²) in [6.45, 7) is 4.85. The summed E-state index contributed by atoms with van der Waals surface area (Å²) in [5, 5.41) is 50.7.